The first-order valence-corrected chi connectivity index (χ1v) is 7.04. The lowest BCUT2D eigenvalue weighted by Gasteiger charge is -2.12. The third-order valence-corrected chi connectivity index (χ3v) is 3.59. The molecule has 0 aromatic heterocycles. The summed E-state index contributed by atoms with van der Waals surface area (Å²) in [6, 6.07) is 3.08. The Morgan fingerprint density at radius 2 is 2.11 bits per heavy atom. The van der Waals surface area contributed by atoms with Gasteiger partial charge in [-0.15, -0.1) is 0 Å². The molecule has 0 radical (unpaired) electrons. The standard InChI is InChI=1S/C10H16ClN3O3S/c1-7-5-9(12)8(11)6-10(7)14-18(15,16)13-3-4-17-2/h5-6,13-14H,3-4,12H2,1-2H3. The largest absolute Gasteiger partial charge is 0.398 e. The second kappa shape index (κ2) is 6.24. The van der Waals surface area contributed by atoms with Crippen molar-refractivity contribution in [2.24, 2.45) is 0 Å². The van der Waals surface area contributed by atoms with Gasteiger partial charge in [0.1, 0.15) is 0 Å². The van der Waals surface area contributed by atoms with Gasteiger partial charge in [-0.25, -0.2) is 0 Å². The van der Waals surface area contributed by atoms with Crippen LogP contribution in [0.5, 0.6) is 0 Å². The van der Waals surface area contributed by atoms with Gasteiger partial charge in [0.2, 0.25) is 0 Å². The van der Waals surface area contributed by atoms with E-state index >= 15 is 0 Å². The Kier molecular flexibility index (Phi) is 5.21. The van der Waals surface area contributed by atoms with Crippen molar-refractivity contribution in [3.05, 3.63) is 22.7 Å². The molecule has 0 fully saturated rings. The molecule has 0 aliphatic heterocycles. The van der Waals surface area contributed by atoms with Crippen LogP contribution in [0, 0.1) is 6.92 Å². The van der Waals surface area contributed by atoms with E-state index in [0.29, 0.717) is 28.6 Å². The average molecular weight is 294 g/mol. The van der Waals surface area contributed by atoms with Gasteiger partial charge < -0.3 is 10.5 Å². The highest BCUT2D eigenvalue weighted by molar-refractivity contribution is 7.90. The normalized spacial score (nSPS) is 11.5. The topological polar surface area (TPSA) is 93.4 Å². The molecule has 6 nitrogen and oxygen atoms in total. The van der Waals surface area contributed by atoms with Gasteiger partial charge in [-0.05, 0) is 24.6 Å². The summed E-state index contributed by atoms with van der Waals surface area (Å²) in [7, 11) is -2.15. The number of halogens is 1. The van der Waals surface area contributed by atoms with E-state index in [1.165, 1.54) is 13.2 Å². The lowest BCUT2D eigenvalue weighted by molar-refractivity contribution is 0.204. The van der Waals surface area contributed by atoms with Crippen molar-refractivity contribution in [2.75, 3.05) is 30.7 Å². The molecule has 0 saturated heterocycles. The fourth-order valence-corrected chi connectivity index (χ4v) is 2.37. The number of rotatable bonds is 6. The van der Waals surface area contributed by atoms with E-state index in [1.807, 2.05) is 0 Å². The molecule has 0 aliphatic rings. The number of nitrogens with two attached hydrogens (primary N) is 1. The molecule has 0 heterocycles. The third kappa shape index (κ3) is 4.34. The summed E-state index contributed by atoms with van der Waals surface area (Å²) in [5.74, 6) is 0. The molecule has 0 unspecified atom stereocenters. The summed E-state index contributed by atoms with van der Waals surface area (Å²) in [5, 5.41) is 0.301. The summed E-state index contributed by atoms with van der Waals surface area (Å²) in [6.07, 6.45) is 0. The molecular weight excluding hydrogens is 278 g/mol. The fraction of sp³-hybridized carbons (Fsp3) is 0.400. The monoisotopic (exact) mass is 293 g/mol. The fourth-order valence-electron chi connectivity index (χ4n) is 1.27. The Bertz CT molecular complexity index is 519. The zero-order valence-corrected chi connectivity index (χ0v) is 11.7. The maximum atomic E-state index is 11.7. The molecule has 0 amide bonds. The van der Waals surface area contributed by atoms with Crippen molar-refractivity contribution in [3.8, 4) is 0 Å². The highest BCUT2D eigenvalue weighted by Crippen LogP contribution is 2.27. The SMILES string of the molecule is COCCNS(=O)(=O)Nc1cc(Cl)c(N)cc1C. The number of nitrogens with one attached hydrogen (secondary N) is 2. The zero-order valence-electron chi connectivity index (χ0n) is 10.2. The van der Waals surface area contributed by atoms with Crippen LogP contribution in [0.1, 0.15) is 5.56 Å². The maximum Gasteiger partial charge on any atom is 0.299 e. The Hall–Kier alpha value is -1.02. The molecule has 1 rings (SSSR count). The van der Waals surface area contributed by atoms with Gasteiger partial charge in [0.25, 0.3) is 10.2 Å². The molecule has 1 aromatic rings. The van der Waals surface area contributed by atoms with Crippen molar-refractivity contribution < 1.29 is 13.2 Å². The number of hydrogen-bond donors (Lipinski definition) is 3. The van der Waals surface area contributed by atoms with Crippen molar-refractivity contribution in [3.63, 3.8) is 0 Å². The van der Waals surface area contributed by atoms with Crippen LogP contribution in [0.2, 0.25) is 5.02 Å². The van der Waals surface area contributed by atoms with Crippen LogP contribution in [-0.2, 0) is 14.9 Å². The summed E-state index contributed by atoms with van der Waals surface area (Å²) >= 11 is 5.84. The second-order valence-corrected chi connectivity index (χ2v) is 5.59. The molecule has 0 atom stereocenters. The van der Waals surface area contributed by atoms with E-state index in [1.54, 1.807) is 13.0 Å². The average Bonchev–Trinajstić information content (AvgIpc) is 2.26. The van der Waals surface area contributed by atoms with Gasteiger partial charge in [0.15, 0.2) is 0 Å². The summed E-state index contributed by atoms with van der Waals surface area (Å²) in [6.45, 7) is 2.22. The van der Waals surface area contributed by atoms with E-state index in [-0.39, 0.29) is 6.54 Å². The van der Waals surface area contributed by atoms with Crippen LogP contribution in [0.4, 0.5) is 11.4 Å². The number of benzene rings is 1. The predicted octanol–water partition coefficient (Wildman–Crippen LogP) is 1.12. The number of nitrogen functional groups attached to an aromatic ring is 1. The Morgan fingerprint density at radius 3 is 2.72 bits per heavy atom. The van der Waals surface area contributed by atoms with E-state index in [0.717, 1.165) is 0 Å². The van der Waals surface area contributed by atoms with Gasteiger partial charge in [-0.1, -0.05) is 11.6 Å². The summed E-state index contributed by atoms with van der Waals surface area (Å²) < 4.78 is 32.8. The first-order chi connectivity index (χ1) is 8.35. The van der Waals surface area contributed by atoms with Crippen LogP contribution < -0.4 is 15.2 Å². The lowest BCUT2D eigenvalue weighted by Crippen LogP contribution is -2.32. The van der Waals surface area contributed by atoms with E-state index < -0.39 is 10.2 Å². The van der Waals surface area contributed by atoms with E-state index in [2.05, 4.69) is 9.44 Å². The van der Waals surface area contributed by atoms with E-state index in [4.69, 9.17) is 22.1 Å². The smallest absolute Gasteiger partial charge is 0.299 e. The first kappa shape index (κ1) is 15.0. The summed E-state index contributed by atoms with van der Waals surface area (Å²) in [5.41, 5.74) is 7.09. The van der Waals surface area contributed by atoms with Crippen LogP contribution in [0.3, 0.4) is 0 Å². The Labute approximate surface area is 112 Å². The molecule has 18 heavy (non-hydrogen) atoms. The number of anilines is 2. The molecule has 0 saturated carbocycles. The number of aryl methyl sites for hydroxylation is 1. The highest BCUT2D eigenvalue weighted by Gasteiger charge is 2.12. The minimum atomic E-state index is -3.64. The van der Waals surface area contributed by atoms with Gasteiger partial charge in [-0.3, -0.25) is 4.72 Å². The molecular formula is C10H16ClN3O3S. The molecule has 102 valence electrons. The molecule has 0 spiro atoms. The second-order valence-electron chi connectivity index (χ2n) is 3.68. The Morgan fingerprint density at radius 1 is 1.44 bits per heavy atom. The minimum Gasteiger partial charge on any atom is -0.398 e. The lowest BCUT2D eigenvalue weighted by atomic mass is 10.2. The molecule has 8 heteroatoms. The Balaban J connectivity index is 2.81. The van der Waals surface area contributed by atoms with Crippen LogP contribution in [0.15, 0.2) is 12.1 Å². The highest BCUT2D eigenvalue weighted by atomic mass is 35.5. The van der Waals surface area contributed by atoms with Gasteiger partial charge in [-0.2, -0.15) is 13.1 Å². The number of methoxy groups -OCH3 is 1. The number of hydrogen-bond acceptors (Lipinski definition) is 4. The molecule has 0 aliphatic carbocycles. The predicted molar refractivity (Wildman–Crippen MR) is 73.0 cm³/mol. The van der Waals surface area contributed by atoms with Crippen molar-refractivity contribution in [2.45, 2.75) is 6.92 Å². The van der Waals surface area contributed by atoms with Gasteiger partial charge in [0, 0.05) is 13.7 Å². The van der Waals surface area contributed by atoms with Gasteiger partial charge in [0.05, 0.1) is 23.0 Å². The van der Waals surface area contributed by atoms with Crippen LogP contribution in [0.25, 0.3) is 0 Å². The quantitative estimate of drug-likeness (QED) is 0.541. The van der Waals surface area contributed by atoms with Crippen molar-refractivity contribution in [1.29, 1.82) is 0 Å². The first-order valence-electron chi connectivity index (χ1n) is 5.17. The molecule has 0 bridgehead atoms. The third-order valence-electron chi connectivity index (χ3n) is 2.19. The summed E-state index contributed by atoms with van der Waals surface area (Å²) in [4.78, 5) is 0. The van der Waals surface area contributed by atoms with Crippen LogP contribution in [-0.4, -0.2) is 28.7 Å². The van der Waals surface area contributed by atoms with Crippen molar-refractivity contribution >= 4 is 33.2 Å². The van der Waals surface area contributed by atoms with E-state index in [9.17, 15) is 8.42 Å². The van der Waals surface area contributed by atoms with Crippen LogP contribution >= 0.6 is 11.6 Å². The molecule has 1 aromatic carbocycles. The minimum absolute atomic E-state index is 0.188. The van der Waals surface area contributed by atoms with Gasteiger partial charge >= 0.3 is 0 Å². The molecule has 4 N–H and O–H groups in total. The zero-order chi connectivity index (χ0) is 13.8. The van der Waals surface area contributed by atoms with Crippen molar-refractivity contribution in [1.82, 2.24) is 4.72 Å². The number of ether oxygens (including phenoxy) is 1. The maximum absolute atomic E-state index is 11.7.